The molecule has 0 bridgehead atoms. The van der Waals surface area contributed by atoms with Crippen LogP contribution in [-0.2, 0) is 14.6 Å². The fourth-order valence-corrected chi connectivity index (χ4v) is 6.10. The molecule has 2 aliphatic rings. The molecule has 2 heterocycles. The number of halogens is 1. The van der Waals surface area contributed by atoms with Gasteiger partial charge in [-0.25, -0.2) is 8.42 Å². The molecular formula is C22H23ClN2O4S. The SMILES string of the molecule is O=C1CC[C@H](/C=C(\c2ccc(S(=O)(=O)C3CCCC3)cc2)c2ccc(Cl)c(=O)[nH]2)N1. The summed E-state index contributed by atoms with van der Waals surface area (Å²) in [7, 11) is -3.34. The second-order valence-electron chi connectivity index (χ2n) is 7.82. The van der Waals surface area contributed by atoms with Gasteiger partial charge < -0.3 is 10.3 Å². The van der Waals surface area contributed by atoms with Crippen LogP contribution in [0.25, 0.3) is 5.57 Å². The van der Waals surface area contributed by atoms with Crippen molar-refractivity contribution in [3.05, 3.63) is 69.1 Å². The summed E-state index contributed by atoms with van der Waals surface area (Å²) in [5.41, 5.74) is 1.60. The van der Waals surface area contributed by atoms with E-state index < -0.39 is 15.4 Å². The number of H-pyrrole nitrogens is 1. The molecule has 1 aliphatic heterocycles. The average molecular weight is 447 g/mol. The number of sulfone groups is 1. The van der Waals surface area contributed by atoms with Crippen LogP contribution in [0, 0.1) is 0 Å². The van der Waals surface area contributed by atoms with Gasteiger partial charge >= 0.3 is 0 Å². The number of hydrogen-bond donors (Lipinski definition) is 2. The first kappa shape index (κ1) is 20.9. The zero-order valence-electron chi connectivity index (χ0n) is 16.4. The molecule has 6 nitrogen and oxygen atoms in total. The normalized spacial score (nSPS) is 20.5. The monoisotopic (exact) mass is 446 g/mol. The van der Waals surface area contributed by atoms with Crippen molar-refractivity contribution in [1.29, 1.82) is 0 Å². The van der Waals surface area contributed by atoms with Gasteiger partial charge in [-0.05, 0) is 49.1 Å². The van der Waals surface area contributed by atoms with Gasteiger partial charge in [0.1, 0.15) is 5.02 Å². The van der Waals surface area contributed by atoms with Gasteiger partial charge in [-0.3, -0.25) is 9.59 Å². The summed E-state index contributed by atoms with van der Waals surface area (Å²) in [5.74, 6) is -0.0156. The summed E-state index contributed by atoms with van der Waals surface area (Å²) in [5, 5.41) is 2.68. The zero-order valence-corrected chi connectivity index (χ0v) is 17.9. The van der Waals surface area contributed by atoms with E-state index in [2.05, 4.69) is 10.3 Å². The largest absolute Gasteiger partial charge is 0.350 e. The standard InChI is InChI=1S/C22H23ClN2O4S/c23-19-10-11-20(25-22(19)27)18(13-15-7-12-21(26)24-15)14-5-8-17(9-6-14)30(28,29)16-3-1-2-4-16/h5-6,8-11,13,15-16H,1-4,7,12H2,(H,24,26)(H,25,27)/b18-13+/t15-/m1/s1. The van der Waals surface area contributed by atoms with E-state index in [0.717, 1.165) is 18.4 Å². The maximum atomic E-state index is 12.9. The van der Waals surface area contributed by atoms with Gasteiger partial charge in [0.15, 0.2) is 9.84 Å². The molecule has 1 aromatic heterocycles. The minimum atomic E-state index is -3.34. The summed E-state index contributed by atoms with van der Waals surface area (Å²) < 4.78 is 25.7. The third-order valence-electron chi connectivity index (χ3n) is 5.78. The molecule has 1 aliphatic carbocycles. The predicted molar refractivity (Wildman–Crippen MR) is 116 cm³/mol. The van der Waals surface area contributed by atoms with Crippen LogP contribution in [0.4, 0.5) is 0 Å². The molecule has 1 amide bonds. The first-order chi connectivity index (χ1) is 14.3. The number of amides is 1. The van der Waals surface area contributed by atoms with Gasteiger partial charge in [0, 0.05) is 23.7 Å². The Morgan fingerprint density at radius 2 is 1.70 bits per heavy atom. The van der Waals surface area contributed by atoms with Gasteiger partial charge in [0.25, 0.3) is 5.56 Å². The second kappa shape index (κ2) is 8.40. The summed E-state index contributed by atoms with van der Waals surface area (Å²) >= 11 is 5.87. The van der Waals surface area contributed by atoms with Crippen LogP contribution in [0.1, 0.15) is 49.8 Å². The number of nitrogens with one attached hydrogen (secondary N) is 2. The molecule has 0 spiro atoms. The van der Waals surface area contributed by atoms with Crippen molar-refractivity contribution in [3.8, 4) is 0 Å². The molecule has 158 valence electrons. The number of pyridine rings is 1. The van der Waals surface area contributed by atoms with Crippen LogP contribution in [-0.4, -0.2) is 30.6 Å². The van der Waals surface area contributed by atoms with Crippen LogP contribution in [0.2, 0.25) is 5.02 Å². The van der Waals surface area contributed by atoms with E-state index in [-0.39, 0.29) is 22.2 Å². The summed E-state index contributed by atoms with van der Waals surface area (Å²) in [6.07, 6.45) is 6.33. The molecule has 30 heavy (non-hydrogen) atoms. The molecular weight excluding hydrogens is 424 g/mol. The quantitative estimate of drug-likeness (QED) is 0.735. The number of carbonyl (C=O) groups is 1. The van der Waals surface area contributed by atoms with E-state index in [9.17, 15) is 18.0 Å². The third-order valence-corrected chi connectivity index (χ3v) is 8.36. The van der Waals surface area contributed by atoms with Crippen molar-refractivity contribution >= 4 is 32.9 Å². The Kier molecular flexibility index (Phi) is 5.84. The summed E-state index contributed by atoms with van der Waals surface area (Å²) in [4.78, 5) is 26.7. The Labute approximate surface area is 180 Å². The van der Waals surface area contributed by atoms with E-state index in [4.69, 9.17) is 11.6 Å². The Balaban J connectivity index is 1.71. The van der Waals surface area contributed by atoms with Crippen LogP contribution in [0.3, 0.4) is 0 Å². The highest BCUT2D eigenvalue weighted by molar-refractivity contribution is 7.92. The van der Waals surface area contributed by atoms with Gasteiger partial charge in [0.05, 0.1) is 10.1 Å². The average Bonchev–Trinajstić information content (AvgIpc) is 3.41. The number of carbonyl (C=O) groups excluding carboxylic acids is 1. The number of rotatable bonds is 5. The van der Waals surface area contributed by atoms with Crippen LogP contribution >= 0.6 is 11.6 Å². The molecule has 1 saturated carbocycles. The van der Waals surface area contributed by atoms with E-state index in [1.54, 1.807) is 30.3 Å². The number of benzene rings is 1. The summed E-state index contributed by atoms with van der Waals surface area (Å²) in [6.45, 7) is 0. The third kappa shape index (κ3) is 4.23. The molecule has 2 aromatic rings. The maximum absolute atomic E-state index is 12.9. The van der Waals surface area contributed by atoms with Gasteiger partial charge in [0.2, 0.25) is 5.91 Å². The number of aromatic amines is 1. The van der Waals surface area contributed by atoms with E-state index >= 15 is 0 Å². The minimum Gasteiger partial charge on any atom is -0.350 e. The van der Waals surface area contributed by atoms with Crippen LogP contribution < -0.4 is 10.9 Å². The number of hydrogen-bond acceptors (Lipinski definition) is 4. The van der Waals surface area contributed by atoms with Crippen LogP contribution in [0.15, 0.2) is 52.2 Å². The van der Waals surface area contributed by atoms with Crippen molar-refractivity contribution in [3.63, 3.8) is 0 Å². The summed E-state index contributed by atoms with van der Waals surface area (Å²) in [6, 6.07) is 9.81. The van der Waals surface area contributed by atoms with Crippen molar-refractivity contribution in [2.24, 2.45) is 0 Å². The lowest BCUT2D eigenvalue weighted by Crippen LogP contribution is -2.23. The fraction of sp³-hybridized carbons (Fsp3) is 0.364. The molecule has 1 saturated heterocycles. The highest BCUT2D eigenvalue weighted by Crippen LogP contribution is 2.31. The predicted octanol–water partition coefficient (Wildman–Crippen LogP) is 3.45. The van der Waals surface area contributed by atoms with Gasteiger partial charge in [-0.1, -0.05) is 42.7 Å². The Morgan fingerprint density at radius 1 is 1.00 bits per heavy atom. The van der Waals surface area contributed by atoms with E-state index in [1.165, 1.54) is 6.07 Å². The molecule has 8 heteroatoms. The van der Waals surface area contributed by atoms with Crippen LogP contribution in [0.5, 0.6) is 0 Å². The highest BCUT2D eigenvalue weighted by Gasteiger charge is 2.30. The van der Waals surface area contributed by atoms with E-state index in [1.807, 2.05) is 6.08 Å². The fourth-order valence-electron chi connectivity index (χ4n) is 4.13. The zero-order chi connectivity index (χ0) is 21.3. The second-order valence-corrected chi connectivity index (χ2v) is 10.5. The van der Waals surface area contributed by atoms with Crippen molar-refractivity contribution in [2.75, 3.05) is 0 Å². The minimum absolute atomic E-state index is 0.0156. The molecule has 1 atom stereocenters. The molecule has 4 rings (SSSR count). The Hall–Kier alpha value is -2.38. The molecule has 0 unspecified atom stereocenters. The van der Waals surface area contributed by atoms with Crippen molar-refractivity contribution in [2.45, 2.75) is 54.7 Å². The highest BCUT2D eigenvalue weighted by atomic mass is 35.5. The smallest absolute Gasteiger partial charge is 0.267 e. The topological polar surface area (TPSA) is 96.1 Å². The lowest BCUT2D eigenvalue weighted by atomic mass is 9.99. The Bertz CT molecular complexity index is 1150. The first-order valence-electron chi connectivity index (χ1n) is 10.1. The maximum Gasteiger partial charge on any atom is 0.267 e. The van der Waals surface area contributed by atoms with Gasteiger partial charge in [-0.2, -0.15) is 0 Å². The van der Waals surface area contributed by atoms with Crippen molar-refractivity contribution < 1.29 is 13.2 Å². The first-order valence-corrected chi connectivity index (χ1v) is 12.0. The lowest BCUT2D eigenvalue weighted by Gasteiger charge is -2.14. The molecule has 1 aromatic carbocycles. The molecule has 2 N–H and O–H groups in total. The molecule has 2 fully saturated rings. The lowest BCUT2D eigenvalue weighted by molar-refractivity contribution is -0.119. The Morgan fingerprint density at radius 3 is 2.30 bits per heavy atom. The van der Waals surface area contributed by atoms with Crippen molar-refractivity contribution in [1.82, 2.24) is 10.3 Å². The van der Waals surface area contributed by atoms with E-state index in [0.29, 0.717) is 41.8 Å². The van der Waals surface area contributed by atoms with Gasteiger partial charge in [-0.15, -0.1) is 0 Å². The molecule has 0 radical (unpaired) electrons. The number of aromatic nitrogens is 1.